The second-order valence-electron chi connectivity index (χ2n) is 3.64. The zero-order valence-electron chi connectivity index (χ0n) is 10.1. The number of rotatable bonds is 8. The molecule has 102 valence electrons. The van der Waals surface area contributed by atoms with Crippen LogP contribution in [-0.2, 0) is 22.5 Å². The highest BCUT2D eigenvalue weighted by atomic mass is 19.3. The minimum absolute atomic E-state index is 0.0612. The van der Waals surface area contributed by atoms with Crippen LogP contribution in [0.25, 0.3) is 0 Å². The van der Waals surface area contributed by atoms with E-state index in [1.807, 2.05) is 6.92 Å². The summed E-state index contributed by atoms with van der Waals surface area (Å²) in [5.74, 6) is -0.710. The first-order chi connectivity index (χ1) is 8.56. The predicted molar refractivity (Wildman–Crippen MR) is 59.0 cm³/mol. The van der Waals surface area contributed by atoms with Crippen LogP contribution >= 0.6 is 0 Å². The van der Waals surface area contributed by atoms with Crippen molar-refractivity contribution < 1.29 is 18.3 Å². The Balaban J connectivity index is 2.72. The fraction of sp³-hybridized carbons (Fsp3) is 0.700. The minimum atomic E-state index is -2.73. The van der Waals surface area contributed by atoms with Crippen molar-refractivity contribution >= 4 is 5.91 Å². The molecule has 0 fully saturated rings. The number of aryl methyl sites for hydroxylation is 1. The maximum absolute atomic E-state index is 12.9. The van der Waals surface area contributed by atoms with Crippen LogP contribution in [0.3, 0.4) is 0 Å². The quantitative estimate of drug-likeness (QED) is 0.698. The van der Waals surface area contributed by atoms with Gasteiger partial charge in [-0.1, -0.05) is 5.21 Å². The molecule has 0 saturated carbocycles. The number of aromatic nitrogens is 3. The maximum Gasteiger partial charge on any atom is 0.281 e. The second-order valence-corrected chi connectivity index (χ2v) is 3.64. The van der Waals surface area contributed by atoms with Gasteiger partial charge in [0, 0.05) is 19.8 Å². The van der Waals surface area contributed by atoms with Gasteiger partial charge in [-0.15, -0.1) is 5.10 Å². The van der Waals surface area contributed by atoms with Gasteiger partial charge < -0.3 is 10.5 Å². The lowest BCUT2D eigenvalue weighted by atomic mass is 10.2. The average Bonchev–Trinajstić information content (AvgIpc) is 2.66. The molecule has 1 rings (SSSR count). The van der Waals surface area contributed by atoms with E-state index in [1.54, 1.807) is 0 Å². The standard InChI is InChI=1S/C10H16F2N4O2/c1-2-18-5-3-4-16-9(10(11)12)7(14-15-16)6-8(13)17/h10H,2-6H2,1H3,(H2,13,17). The summed E-state index contributed by atoms with van der Waals surface area (Å²) in [5, 5.41) is 7.18. The number of nitrogens with two attached hydrogens (primary N) is 1. The Hall–Kier alpha value is -1.57. The van der Waals surface area contributed by atoms with Gasteiger partial charge in [0.2, 0.25) is 5.91 Å². The first-order valence-corrected chi connectivity index (χ1v) is 5.62. The van der Waals surface area contributed by atoms with Crippen LogP contribution in [0.15, 0.2) is 0 Å². The fourth-order valence-corrected chi connectivity index (χ4v) is 1.51. The SMILES string of the molecule is CCOCCCn1nnc(CC(N)=O)c1C(F)F. The van der Waals surface area contributed by atoms with Gasteiger partial charge in [-0.05, 0) is 13.3 Å². The molecule has 1 aromatic rings. The van der Waals surface area contributed by atoms with Gasteiger partial charge in [0.05, 0.1) is 6.42 Å². The van der Waals surface area contributed by atoms with Crippen LogP contribution in [0.2, 0.25) is 0 Å². The minimum Gasteiger partial charge on any atom is -0.382 e. The van der Waals surface area contributed by atoms with E-state index in [4.69, 9.17) is 10.5 Å². The zero-order chi connectivity index (χ0) is 13.5. The Bertz CT molecular complexity index is 395. The van der Waals surface area contributed by atoms with Crippen LogP contribution in [-0.4, -0.2) is 34.1 Å². The molecule has 2 N–H and O–H groups in total. The van der Waals surface area contributed by atoms with Crippen molar-refractivity contribution in [2.24, 2.45) is 5.73 Å². The molecule has 6 nitrogen and oxygen atoms in total. The average molecular weight is 262 g/mol. The topological polar surface area (TPSA) is 83.0 Å². The molecule has 1 heterocycles. The number of hydrogen-bond donors (Lipinski definition) is 1. The second kappa shape index (κ2) is 7.00. The molecule has 0 saturated heterocycles. The van der Waals surface area contributed by atoms with Gasteiger partial charge in [0.15, 0.2) is 0 Å². The molecule has 18 heavy (non-hydrogen) atoms. The van der Waals surface area contributed by atoms with Gasteiger partial charge in [0.25, 0.3) is 6.43 Å². The zero-order valence-corrected chi connectivity index (χ0v) is 10.1. The summed E-state index contributed by atoms with van der Waals surface area (Å²) in [6.07, 6.45) is -2.51. The number of ether oxygens (including phenoxy) is 1. The van der Waals surface area contributed by atoms with E-state index >= 15 is 0 Å². The lowest BCUT2D eigenvalue weighted by Crippen LogP contribution is -2.16. The number of halogens is 2. The van der Waals surface area contributed by atoms with E-state index in [9.17, 15) is 13.6 Å². The smallest absolute Gasteiger partial charge is 0.281 e. The highest BCUT2D eigenvalue weighted by Crippen LogP contribution is 2.21. The molecule has 0 atom stereocenters. The molecule has 1 amide bonds. The highest BCUT2D eigenvalue weighted by molar-refractivity contribution is 5.76. The third-order valence-corrected chi connectivity index (χ3v) is 2.26. The Kier molecular flexibility index (Phi) is 5.63. The largest absolute Gasteiger partial charge is 0.382 e. The first-order valence-electron chi connectivity index (χ1n) is 5.62. The predicted octanol–water partition coefficient (Wildman–Crippen LogP) is 0.670. The van der Waals surface area contributed by atoms with Gasteiger partial charge in [-0.2, -0.15) is 0 Å². The molecule has 8 heteroatoms. The molecule has 0 unspecified atom stereocenters. The number of amides is 1. The molecule has 1 aromatic heterocycles. The molecular weight excluding hydrogens is 246 g/mol. The lowest BCUT2D eigenvalue weighted by Gasteiger charge is -2.06. The summed E-state index contributed by atoms with van der Waals surface area (Å²) in [6, 6.07) is 0. The molecule has 0 aliphatic carbocycles. The Morgan fingerprint density at radius 1 is 1.56 bits per heavy atom. The van der Waals surface area contributed by atoms with E-state index < -0.39 is 12.3 Å². The van der Waals surface area contributed by atoms with Crippen molar-refractivity contribution in [3.8, 4) is 0 Å². The summed E-state index contributed by atoms with van der Waals surface area (Å²) in [4.78, 5) is 10.7. The van der Waals surface area contributed by atoms with Crippen molar-refractivity contribution in [1.29, 1.82) is 0 Å². The van der Waals surface area contributed by atoms with Crippen molar-refractivity contribution in [2.75, 3.05) is 13.2 Å². The van der Waals surface area contributed by atoms with Crippen LogP contribution in [0.1, 0.15) is 31.2 Å². The number of carbonyl (C=O) groups excluding carboxylic acids is 1. The number of carbonyl (C=O) groups is 1. The van der Waals surface area contributed by atoms with E-state index in [1.165, 1.54) is 0 Å². The van der Waals surface area contributed by atoms with Crippen LogP contribution < -0.4 is 5.73 Å². The van der Waals surface area contributed by atoms with E-state index in [2.05, 4.69) is 10.3 Å². The fourth-order valence-electron chi connectivity index (χ4n) is 1.51. The van der Waals surface area contributed by atoms with Crippen molar-refractivity contribution in [1.82, 2.24) is 15.0 Å². The molecule has 0 aliphatic heterocycles. The summed E-state index contributed by atoms with van der Waals surface area (Å²) in [5.41, 5.74) is 4.56. The van der Waals surface area contributed by atoms with Crippen LogP contribution in [0.4, 0.5) is 8.78 Å². The molecular formula is C10H16F2N4O2. The monoisotopic (exact) mass is 262 g/mol. The molecule has 0 aromatic carbocycles. The molecule has 0 radical (unpaired) electrons. The van der Waals surface area contributed by atoms with Gasteiger partial charge >= 0.3 is 0 Å². The summed E-state index contributed by atoms with van der Waals surface area (Å²) < 4.78 is 31.9. The van der Waals surface area contributed by atoms with E-state index in [0.717, 1.165) is 4.68 Å². The summed E-state index contributed by atoms with van der Waals surface area (Å²) in [6.45, 7) is 3.16. The van der Waals surface area contributed by atoms with Gasteiger partial charge in [-0.3, -0.25) is 4.79 Å². The number of primary amides is 1. The van der Waals surface area contributed by atoms with Crippen molar-refractivity contribution in [2.45, 2.75) is 32.7 Å². The van der Waals surface area contributed by atoms with E-state index in [-0.39, 0.29) is 24.4 Å². The van der Waals surface area contributed by atoms with Crippen molar-refractivity contribution in [3.63, 3.8) is 0 Å². The maximum atomic E-state index is 12.9. The van der Waals surface area contributed by atoms with Gasteiger partial charge in [-0.25, -0.2) is 13.5 Å². The van der Waals surface area contributed by atoms with Gasteiger partial charge in [0.1, 0.15) is 11.4 Å². The molecule has 0 aliphatic rings. The number of alkyl halides is 2. The number of hydrogen-bond acceptors (Lipinski definition) is 4. The third kappa shape index (κ3) is 4.02. The Labute approximate surface area is 103 Å². The van der Waals surface area contributed by atoms with Crippen LogP contribution in [0.5, 0.6) is 0 Å². The van der Waals surface area contributed by atoms with E-state index in [0.29, 0.717) is 19.6 Å². The Morgan fingerprint density at radius 3 is 2.83 bits per heavy atom. The molecule has 0 bridgehead atoms. The number of nitrogens with zero attached hydrogens (tertiary/aromatic N) is 3. The Morgan fingerprint density at radius 2 is 2.28 bits per heavy atom. The van der Waals surface area contributed by atoms with Crippen molar-refractivity contribution in [3.05, 3.63) is 11.4 Å². The van der Waals surface area contributed by atoms with Crippen LogP contribution in [0, 0.1) is 0 Å². The summed E-state index contributed by atoms with van der Waals surface area (Å²) in [7, 11) is 0. The normalized spacial score (nSPS) is 11.1. The first kappa shape index (κ1) is 14.5. The lowest BCUT2D eigenvalue weighted by molar-refractivity contribution is -0.117. The molecule has 0 spiro atoms. The highest BCUT2D eigenvalue weighted by Gasteiger charge is 2.22. The summed E-state index contributed by atoms with van der Waals surface area (Å²) >= 11 is 0. The third-order valence-electron chi connectivity index (χ3n) is 2.26.